The lowest BCUT2D eigenvalue weighted by Gasteiger charge is -2.39. The van der Waals surface area contributed by atoms with Crippen LogP contribution in [0.2, 0.25) is 0 Å². The lowest BCUT2D eigenvalue weighted by Crippen LogP contribution is -2.50. The summed E-state index contributed by atoms with van der Waals surface area (Å²) in [6.45, 7) is 7.37. The van der Waals surface area contributed by atoms with E-state index in [-0.39, 0.29) is 5.91 Å². The summed E-state index contributed by atoms with van der Waals surface area (Å²) in [7, 11) is 0. The van der Waals surface area contributed by atoms with Crippen molar-refractivity contribution < 1.29 is 9.53 Å². The van der Waals surface area contributed by atoms with Crippen molar-refractivity contribution >= 4 is 5.91 Å². The van der Waals surface area contributed by atoms with Gasteiger partial charge >= 0.3 is 0 Å². The minimum atomic E-state index is -0.468. The first-order chi connectivity index (χ1) is 7.53. The van der Waals surface area contributed by atoms with Gasteiger partial charge in [-0.25, -0.2) is 0 Å². The first-order valence-corrected chi connectivity index (χ1v) is 5.43. The highest BCUT2D eigenvalue weighted by atomic mass is 16.5. The number of aromatic amines is 1. The van der Waals surface area contributed by atoms with E-state index in [1.165, 1.54) is 0 Å². The molecule has 0 spiro atoms. The van der Waals surface area contributed by atoms with Gasteiger partial charge in [-0.3, -0.25) is 9.89 Å². The van der Waals surface area contributed by atoms with Crippen LogP contribution in [0, 0.1) is 6.92 Å². The summed E-state index contributed by atoms with van der Waals surface area (Å²) in [5.41, 5.74) is 1.55. The number of H-pyrrole nitrogens is 1. The zero-order valence-electron chi connectivity index (χ0n) is 9.91. The zero-order valence-corrected chi connectivity index (χ0v) is 9.91. The Morgan fingerprint density at radius 3 is 3.00 bits per heavy atom. The predicted octanol–water partition coefficient (Wildman–Crippen LogP) is 0.812. The largest absolute Gasteiger partial charge is 0.365 e. The van der Waals surface area contributed by atoms with E-state index < -0.39 is 5.60 Å². The van der Waals surface area contributed by atoms with Gasteiger partial charge in [-0.2, -0.15) is 5.10 Å². The molecular formula is C11H17N3O2. The summed E-state index contributed by atoms with van der Waals surface area (Å²) in [5.74, 6) is 0.0895. The van der Waals surface area contributed by atoms with Crippen molar-refractivity contribution in [2.45, 2.75) is 26.4 Å². The molecule has 0 aliphatic carbocycles. The van der Waals surface area contributed by atoms with Crippen molar-refractivity contribution in [3.8, 4) is 0 Å². The van der Waals surface area contributed by atoms with Crippen LogP contribution >= 0.6 is 0 Å². The molecule has 1 aromatic heterocycles. The highest BCUT2D eigenvalue weighted by Gasteiger charge is 2.37. The van der Waals surface area contributed by atoms with Crippen molar-refractivity contribution in [3.63, 3.8) is 0 Å². The lowest BCUT2D eigenvalue weighted by molar-refractivity contribution is -0.148. The Bertz CT molecular complexity index is 402. The van der Waals surface area contributed by atoms with E-state index in [0.29, 0.717) is 19.7 Å². The molecule has 1 aromatic rings. The minimum Gasteiger partial charge on any atom is -0.365 e. The minimum absolute atomic E-state index is 0.0895. The molecule has 1 aliphatic rings. The molecule has 1 N–H and O–H groups in total. The molecule has 1 atom stereocenters. The van der Waals surface area contributed by atoms with E-state index in [9.17, 15) is 4.79 Å². The standard InChI is InChI=1S/C11H17N3O2/c1-8-6-12-13-10(8)11(3)7-14(9(2)15)4-5-16-11/h6H,4-5,7H2,1-3H3,(H,12,13)/t11-/m1/s1. The molecule has 88 valence electrons. The Hall–Kier alpha value is -1.36. The molecular weight excluding hydrogens is 206 g/mol. The van der Waals surface area contributed by atoms with E-state index in [2.05, 4.69) is 10.2 Å². The number of carbonyl (C=O) groups is 1. The van der Waals surface area contributed by atoms with Crippen LogP contribution < -0.4 is 0 Å². The van der Waals surface area contributed by atoms with Gasteiger partial charge in [0.05, 0.1) is 25.0 Å². The van der Waals surface area contributed by atoms with Gasteiger partial charge in [-0.1, -0.05) is 0 Å². The van der Waals surface area contributed by atoms with Crippen LogP contribution in [-0.4, -0.2) is 40.7 Å². The zero-order chi connectivity index (χ0) is 11.8. The van der Waals surface area contributed by atoms with E-state index in [0.717, 1.165) is 11.3 Å². The molecule has 2 heterocycles. The molecule has 1 aliphatic heterocycles. The van der Waals surface area contributed by atoms with Crippen molar-refractivity contribution in [1.82, 2.24) is 15.1 Å². The Kier molecular flexibility index (Phi) is 2.71. The van der Waals surface area contributed by atoms with Crippen LogP contribution in [0.4, 0.5) is 0 Å². The van der Waals surface area contributed by atoms with Crippen LogP contribution in [0.3, 0.4) is 0 Å². The van der Waals surface area contributed by atoms with E-state index in [1.807, 2.05) is 18.7 Å². The molecule has 0 radical (unpaired) electrons. The predicted molar refractivity (Wildman–Crippen MR) is 58.9 cm³/mol. The van der Waals surface area contributed by atoms with E-state index in [4.69, 9.17) is 4.74 Å². The highest BCUT2D eigenvalue weighted by Crippen LogP contribution is 2.29. The van der Waals surface area contributed by atoms with Gasteiger partial charge in [0.25, 0.3) is 0 Å². The Balaban J connectivity index is 2.25. The molecule has 16 heavy (non-hydrogen) atoms. The van der Waals surface area contributed by atoms with Crippen LogP contribution in [0.5, 0.6) is 0 Å². The average Bonchev–Trinajstić information content (AvgIpc) is 2.65. The second-order valence-electron chi connectivity index (χ2n) is 4.45. The Morgan fingerprint density at radius 1 is 1.69 bits per heavy atom. The third-order valence-corrected chi connectivity index (χ3v) is 3.08. The number of hydrogen-bond donors (Lipinski definition) is 1. The maximum atomic E-state index is 11.4. The monoisotopic (exact) mass is 223 g/mol. The number of aryl methyl sites for hydroxylation is 1. The SMILES string of the molecule is CC(=O)N1CCO[C@@](C)(c2[nH]ncc2C)C1. The quantitative estimate of drug-likeness (QED) is 0.766. The van der Waals surface area contributed by atoms with Crippen LogP contribution in [-0.2, 0) is 15.1 Å². The first kappa shape index (κ1) is 11.1. The molecule has 2 rings (SSSR count). The third-order valence-electron chi connectivity index (χ3n) is 3.08. The van der Waals surface area contributed by atoms with Crippen LogP contribution in [0.1, 0.15) is 25.1 Å². The number of carbonyl (C=O) groups excluding carboxylic acids is 1. The van der Waals surface area contributed by atoms with Gasteiger partial charge in [0, 0.05) is 13.5 Å². The third kappa shape index (κ3) is 1.82. The molecule has 0 unspecified atom stereocenters. The van der Waals surface area contributed by atoms with Crippen molar-refractivity contribution in [2.75, 3.05) is 19.7 Å². The summed E-state index contributed by atoms with van der Waals surface area (Å²) in [4.78, 5) is 13.2. The molecule has 0 aromatic carbocycles. The van der Waals surface area contributed by atoms with E-state index >= 15 is 0 Å². The van der Waals surface area contributed by atoms with Gasteiger partial charge in [0.15, 0.2) is 0 Å². The number of nitrogens with one attached hydrogen (secondary N) is 1. The van der Waals surface area contributed by atoms with Gasteiger partial charge in [-0.05, 0) is 19.4 Å². The second-order valence-corrected chi connectivity index (χ2v) is 4.45. The summed E-state index contributed by atoms with van der Waals surface area (Å²) in [6.07, 6.45) is 1.77. The highest BCUT2D eigenvalue weighted by molar-refractivity contribution is 5.73. The van der Waals surface area contributed by atoms with Gasteiger partial charge in [0.1, 0.15) is 5.60 Å². The molecule has 1 fully saturated rings. The lowest BCUT2D eigenvalue weighted by atomic mass is 9.97. The van der Waals surface area contributed by atoms with Crippen molar-refractivity contribution in [3.05, 3.63) is 17.5 Å². The molecule has 1 saturated heterocycles. The molecule has 1 amide bonds. The van der Waals surface area contributed by atoms with Crippen LogP contribution in [0.25, 0.3) is 0 Å². The van der Waals surface area contributed by atoms with Crippen molar-refractivity contribution in [2.24, 2.45) is 0 Å². The number of morpholine rings is 1. The number of ether oxygens (including phenoxy) is 1. The smallest absolute Gasteiger partial charge is 0.219 e. The maximum Gasteiger partial charge on any atom is 0.219 e. The Labute approximate surface area is 94.8 Å². The average molecular weight is 223 g/mol. The summed E-state index contributed by atoms with van der Waals surface area (Å²) >= 11 is 0. The van der Waals surface area contributed by atoms with Gasteiger partial charge in [0.2, 0.25) is 5.91 Å². The van der Waals surface area contributed by atoms with Gasteiger partial charge in [-0.15, -0.1) is 0 Å². The van der Waals surface area contributed by atoms with Gasteiger partial charge < -0.3 is 9.64 Å². The molecule has 0 bridgehead atoms. The van der Waals surface area contributed by atoms with Crippen molar-refractivity contribution in [1.29, 1.82) is 0 Å². The maximum absolute atomic E-state index is 11.4. The number of hydrogen-bond acceptors (Lipinski definition) is 3. The number of aromatic nitrogens is 2. The fourth-order valence-corrected chi connectivity index (χ4v) is 2.17. The first-order valence-electron chi connectivity index (χ1n) is 5.43. The molecule has 5 nitrogen and oxygen atoms in total. The second kappa shape index (κ2) is 3.90. The number of nitrogens with zero attached hydrogens (tertiary/aromatic N) is 2. The Morgan fingerprint density at radius 2 is 2.44 bits per heavy atom. The van der Waals surface area contributed by atoms with Crippen LogP contribution in [0.15, 0.2) is 6.20 Å². The number of rotatable bonds is 1. The fourth-order valence-electron chi connectivity index (χ4n) is 2.17. The fraction of sp³-hybridized carbons (Fsp3) is 0.636. The molecule has 0 saturated carbocycles. The summed E-state index contributed by atoms with van der Waals surface area (Å²) in [6, 6.07) is 0. The molecule has 5 heteroatoms. The number of amides is 1. The summed E-state index contributed by atoms with van der Waals surface area (Å²) in [5, 5.41) is 6.97. The topological polar surface area (TPSA) is 58.2 Å². The van der Waals surface area contributed by atoms with E-state index in [1.54, 1.807) is 13.1 Å². The summed E-state index contributed by atoms with van der Waals surface area (Å²) < 4.78 is 5.81. The normalized spacial score (nSPS) is 25.8.